The maximum atomic E-state index is 10.1. The zero-order chi connectivity index (χ0) is 13.5. The highest BCUT2D eigenvalue weighted by atomic mass is 16.3. The van der Waals surface area contributed by atoms with E-state index in [-0.39, 0.29) is 6.10 Å². The quantitative estimate of drug-likeness (QED) is 0.856. The molecule has 19 heavy (non-hydrogen) atoms. The minimum absolute atomic E-state index is 0.376. The molecule has 1 unspecified atom stereocenters. The van der Waals surface area contributed by atoms with E-state index in [0.29, 0.717) is 0 Å². The van der Waals surface area contributed by atoms with E-state index >= 15 is 0 Å². The number of rotatable bonds is 6. The van der Waals surface area contributed by atoms with Crippen molar-refractivity contribution < 1.29 is 5.11 Å². The Bertz CT molecular complexity index is 469. The van der Waals surface area contributed by atoms with Crippen LogP contribution in [0.4, 0.5) is 0 Å². The fourth-order valence-electron chi connectivity index (χ4n) is 2.16. The van der Waals surface area contributed by atoms with Gasteiger partial charge in [0.1, 0.15) is 0 Å². The molecule has 0 radical (unpaired) electrons. The lowest BCUT2D eigenvalue weighted by atomic mass is 10.1. The van der Waals surface area contributed by atoms with Gasteiger partial charge in [0, 0.05) is 13.1 Å². The molecule has 2 heteroatoms. The Kier molecular flexibility index (Phi) is 5.13. The summed E-state index contributed by atoms with van der Waals surface area (Å²) < 4.78 is 0. The zero-order valence-corrected chi connectivity index (χ0v) is 11.4. The van der Waals surface area contributed by atoms with Crippen LogP contribution in [-0.4, -0.2) is 23.6 Å². The molecule has 2 nitrogen and oxygen atoms in total. The summed E-state index contributed by atoms with van der Waals surface area (Å²) in [5.41, 5.74) is 2.30. The molecular weight excluding hydrogens is 234 g/mol. The number of aliphatic hydroxyl groups is 1. The summed E-state index contributed by atoms with van der Waals surface area (Å²) in [6.45, 7) is 1.80. The van der Waals surface area contributed by atoms with Crippen molar-refractivity contribution in [3.05, 3.63) is 71.8 Å². The smallest absolute Gasteiger partial charge is 0.0802 e. The lowest BCUT2D eigenvalue weighted by Crippen LogP contribution is -2.20. The minimum atomic E-state index is -0.376. The Labute approximate surface area is 115 Å². The second-order valence-corrected chi connectivity index (χ2v) is 4.94. The van der Waals surface area contributed by atoms with Crippen molar-refractivity contribution in [2.45, 2.75) is 19.1 Å². The Balaban J connectivity index is 1.79. The molecule has 0 spiro atoms. The molecule has 0 saturated heterocycles. The van der Waals surface area contributed by atoms with Gasteiger partial charge in [0.25, 0.3) is 0 Å². The summed E-state index contributed by atoms with van der Waals surface area (Å²) in [4.78, 5) is 2.24. The summed E-state index contributed by atoms with van der Waals surface area (Å²) in [7, 11) is 2.09. The molecule has 0 aromatic heterocycles. The lowest BCUT2D eigenvalue weighted by Gasteiger charge is -2.19. The molecule has 0 fully saturated rings. The van der Waals surface area contributed by atoms with Gasteiger partial charge in [-0.25, -0.2) is 0 Å². The predicted molar refractivity (Wildman–Crippen MR) is 78.8 cm³/mol. The van der Waals surface area contributed by atoms with Gasteiger partial charge in [-0.3, -0.25) is 0 Å². The SMILES string of the molecule is CN(CCC(O)c1ccccc1)Cc1ccccc1. The second-order valence-electron chi connectivity index (χ2n) is 4.94. The van der Waals surface area contributed by atoms with E-state index < -0.39 is 0 Å². The van der Waals surface area contributed by atoms with Crippen LogP contribution in [0, 0.1) is 0 Å². The average molecular weight is 255 g/mol. The number of hydrogen-bond donors (Lipinski definition) is 1. The summed E-state index contributed by atoms with van der Waals surface area (Å²) in [6, 6.07) is 20.3. The normalized spacial score (nSPS) is 12.6. The van der Waals surface area contributed by atoms with Gasteiger partial charge in [0.2, 0.25) is 0 Å². The number of aliphatic hydroxyl groups excluding tert-OH is 1. The van der Waals surface area contributed by atoms with Gasteiger partial charge in [0.05, 0.1) is 6.10 Å². The van der Waals surface area contributed by atoms with Crippen LogP contribution in [0.1, 0.15) is 23.7 Å². The molecule has 2 aromatic rings. The van der Waals surface area contributed by atoms with Gasteiger partial charge >= 0.3 is 0 Å². The fraction of sp³-hybridized carbons (Fsp3) is 0.294. The Morgan fingerprint density at radius 1 is 0.947 bits per heavy atom. The van der Waals surface area contributed by atoms with Gasteiger partial charge in [-0.1, -0.05) is 60.7 Å². The van der Waals surface area contributed by atoms with Gasteiger partial charge in [-0.15, -0.1) is 0 Å². The highest BCUT2D eigenvalue weighted by molar-refractivity contribution is 5.17. The summed E-state index contributed by atoms with van der Waals surface area (Å²) in [5, 5.41) is 10.1. The van der Waals surface area contributed by atoms with Crippen molar-refractivity contribution in [2.75, 3.05) is 13.6 Å². The highest BCUT2D eigenvalue weighted by Crippen LogP contribution is 2.16. The number of hydrogen-bond acceptors (Lipinski definition) is 2. The van der Waals surface area contributed by atoms with Gasteiger partial charge < -0.3 is 10.0 Å². The van der Waals surface area contributed by atoms with E-state index in [1.165, 1.54) is 5.56 Å². The Hall–Kier alpha value is -1.64. The molecule has 1 N–H and O–H groups in total. The van der Waals surface area contributed by atoms with E-state index in [9.17, 15) is 5.11 Å². The monoisotopic (exact) mass is 255 g/mol. The van der Waals surface area contributed by atoms with Crippen molar-refractivity contribution in [1.82, 2.24) is 4.90 Å². The topological polar surface area (TPSA) is 23.5 Å². The van der Waals surface area contributed by atoms with Crippen molar-refractivity contribution in [2.24, 2.45) is 0 Å². The third-order valence-corrected chi connectivity index (χ3v) is 3.26. The minimum Gasteiger partial charge on any atom is -0.388 e. The van der Waals surface area contributed by atoms with Crippen LogP contribution in [-0.2, 0) is 6.54 Å². The first-order valence-corrected chi connectivity index (χ1v) is 6.71. The summed E-state index contributed by atoms with van der Waals surface area (Å²) in [5.74, 6) is 0. The molecule has 0 saturated carbocycles. The maximum absolute atomic E-state index is 10.1. The molecule has 1 atom stereocenters. The van der Waals surface area contributed by atoms with Crippen LogP contribution in [0.5, 0.6) is 0 Å². The van der Waals surface area contributed by atoms with Crippen LogP contribution in [0.2, 0.25) is 0 Å². The standard InChI is InChI=1S/C17H21NO/c1-18(14-15-8-4-2-5-9-15)13-12-17(19)16-10-6-3-7-11-16/h2-11,17,19H,12-14H2,1H3. The lowest BCUT2D eigenvalue weighted by molar-refractivity contribution is 0.147. The summed E-state index contributed by atoms with van der Waals surface area (Å²) >= 11 is 0. The molecule has 2 rings (SSSR count). The first kappa shape index (κ1) is 13.8. The van der Waals surface area contributed by atoms with Crippen LogP contribution < -0.4 is 0 Å². The zero-order valence-electron chi connectivity index (χ0n) is 11.4. The third kappa shape index (κ3) is 4.51. The van der Waals surface area contributed by atoms with E-state index in [1.54, 1.807) is 0 Å². The van der Waals surface area contributed by atoms with Gasteiger partial charge in [-0.05, 0) is 24.6 Å². The third-order valence-electron chi connectivity index (χ3n) is 3.26. The molecular formula is C17H21NO. The first-order valence-electron chi connectivity index (χ1n) is 6.71. The molecule has 0 heterocycles. The molecule has 0 aliphatic carbocycles. The molecule has 0 aliphatic heterocycles. The number of benzene rings is 2. The molecule has 0 aliphatic rings. The molecule has 0 amide bonds. The van der Waals surface area contributed by atoms with Gasteiger partial charge in [-0.2, -0.15) is 0 Å². The fourth-order valence-corrected chi connectivity index (χ4v) is 2.16. The number of nitrogens with zero attached hydrogens (tertiary/aromatic N) is 1. The van der Waals surface area contributed by atoms with E-state index in [4.69, 9.17) is 0 Å². The second kappa shape index (κ2) is 7.07. The Morgan fingerprint density at radius 2 is 1.53 bits per heavy atom. The summed E-state index contributed by atoms with van der Waals surface area (Å²) in [6.07, 6.45) is 0.382. The van der Waals surface area contributed by atoms with Crippen LogP contribution in [0.3, 0.4) is 0 Å². The average Bonchev–Trinajstić information content (AvgIpc) is 2.47. The molecule has 0 bridgehead atoms. The van der Waals surface area contributed by atoms with Crippen LogP contribution in [0.15, 0.2) is 60.7 Å². The predicted octanol–water partition coefficient (Wildman–Crippen LogP) is 3.24. The maximum Gasteiger partial charge on any atom is 0.0802 e. The van der Waals surface area contributed by atoms with Crippen molar-refractivity contribution in [3.8, 4) is 0 Å². The van der Waals surface area contributed by atoms with Crippen molar-refractivity contribution in [3.63, 3.8) is 0 Å². The van der Waals surface area contributed by atoms with Crippen LogP contribution >= 0.6 is 0 Å². The van der Waals surface area contributed by atoms with E-state index in [0.717, 1.165) is 25.1 Å². The van der Waals surface area contributed by atoms with E-state index in [2.05, 4.69) is 36.2 Å². The first-order chi connectivity index (χ1) is 9.25. The largest absolute Gasteiger partial charge is 0.388 e. The van der Waals surface area contributed by atoms with Crippen LogP contribution in [0.25, 0.3) is 0 Å². The molecule has 2 aromatic carbocycles. The van der Waals surface area contributed by atoms with Gasteiger partial charge in [0.15, 0.2) is 0 Å². The van der Waals surface area contributed by atoms with Crippen molar-refractivity contribution in [1.29, 1.82) is 0 Å². The van der Waals surface area contributed by atoms with Crippen molar-refractivity contribution >= 4 is 0 Å². The molecule has 100 valence electrons. The Morgan fingerprint density at radius 3 is 2.16 bits per heavy atom. The van der Waals surface area contributed by atoms with E-state index in [1.807, 2.05) is 36.4 Å². The highest BCUT2D eigenvalue weighted by Gasteiger charge is 2.08.